The predicted octanol–water partition coefficient (Wildman–Crippen LogP) is 3.18. The van der Waals surface area contributed by atoms with Crippen LogP contribution in [0.15, 0.2) is 40.9 Å². The maximum absolute atomic E-state index is 13.8. The lowest BCUT2D eigenvalue weighted by molar-refractivity contribution is 0.375. The number of hydrogen-bond acceptors (Lipinski definition) is 4. The number of aromatic nitrogens is 2. The van der Waals surface area contributed by atoms with E-state index in [4.69, 9.17) is 4.52 Å². The molecular formula is C16H16FN3O. The lowest BCUT2D eigenvalue weighted by Crippen LogP contribution is -2.08. The first kappa shape index (κ1) is 13.7. The number of rotatable bonds is 5. The molecule has 0 aliphatic carbocycles. The molecule has 1 N–H and O–H groups in total. The first-order valence-electron chi connectivity index (χ1n) is 6.94. The first-order valence-corrected chi connectivity index (χ1v) is 6.94. The SMILES string of the molecule is CNCCCc1nc(-c2ccc(F)c3ccccc23)no1. The summed E-state index contributed by atoms with van der Waals surface area (Å²) in [6.07, 6.45) is 1.66. The van der Waals surface area contributed by atoms with E-state index in [1.54, 1.807) is 12.1 Å². The molecule has 5 heteroatoms. The zero-order chi connectivity index (χ0) is 14.7. The van der Waals surface area contributed by atoms with Gasteiger partial charge in [0.05, 0.1) is 0 Å². The quantitative estimate of drug-likeness (QED) is 0.731. The molecule has 1 aromatic heterocycles. The highest BCUT2D eigenvalue weighted by molar-refractivity contribution is 5.95. The van der Waals surface area contributed by atoms with Crippen molar-refractivity contribution in [2.45, 2.75) is 12.8 Å². The molecule has 0 aliphatic heterocycles. The van der Waals surface area contributed by atoms with Crippen molar-refractivity contribution in [3.05, 3.63) is 48.1 Å². The molecule has 4 nitrogen and oxygen atoms in total. The van der Waals surface area contributed by atoms with Gasteiger partial charge in [0.15, 0.2) is 0 Å². The summed E-state index contributed by atoms with van der Waals surface area (Å²) < 4.78 is 19.1. The van der Waals surface area contributed by atoms with E-state index in [0.717, 1.165) is 30.3 Å². The van der Waals surface area contributed by atoms with Gasteiger partial charge in [0.1, 0.15) is 5.82 Å². The molecule has 3 rings (SSSR count). The lowest BCUT2D eigenvalue weighted by Gasteiger charge is -2.03. The highest BCUT2D eigenvalue weighted by atomic mass is 19.1. The van der Waals surface area contributed by atoms with Gasteiger partial charge in [-0.3, -0.25) is 0 Å². The standard InChI is InChI=1S/C16H16FN3O/c1-18-10-4-7-15-19-16(20-21-15)13-8-9-14(17)12-6-3-2-5-11(12)13/h2-3,5-6,8-9,18H,4,7,10H2,1H3. The minimum atomic E-state index is -0.243. The number of fused-ring (bicyclic) bond motifs is 1. The van der Waals surface area contributed by atoms with Crippen LogP contribution in [-0.2, 0) is 6.42 Å². The minimum Gasteiger partial charge on any atom is -0.339 e. The molecule has 1 heterocycles. The van der Waals surface area contributed by atoms with E-state index in [1.807, 2.05) is 25.2 Å². The molecule has 3 aromatic rings. The number of hydrogen-bond donors (Lipinski definition) is 1. The Morgan fingerprint density at radius 1 is 1.14 bits per heavy atom. The summed E-state index contributed by atoms with van der Waals surface area (Å²) in [5.41, 5.74) is 0.788. The van der Waals surface area contributed by atoms with E-state index in [0.29, 0.717) is 17.1 Å². The van der Waals surface area contributed by atoms with Crippen LogP contribution in [0.4, 0.5) is 4.39 Å². The van der Waals surface area contributed by atoms with Crippen LogP contribution in [0.25, 0.3) is 22.2 Å². The monoisotopic (exact) mass is 285 g/mol. The second kappa shape index (κ2) is 6.01. The van der Waals surface area contributed by atoms with Gasteiger partial charge in [0.2, 0.25) is 11.7 Å². The molecule has 0 spiro atoms. The topological polar surface area (TPSA) is 51.0 Å². The molecule has 21 heavy (non-hydrogen) atoms. The zero-order valence-corrected chi connectivity index (χ0v) is 11.8. The maximum Gasteiger partial charge on any atom is 0.227 e. The van der Waals surface area contributed by atoms with Gasteiger partial charge < -0.3 is 9.84 Å². The van der Waals surface area contributed by atoms with E-state index in [-0.39, 0.29) is 5.82 Å². The van der Waals surface area contributed by atoms with Gasteiger partial charge in [0.25, 0.3) is 0 Å². The van der Waals surface area contributed by atoms with Gasteiger partial charge in [-0.1, -0.05) is 29.4 Å². The first-order chi connectivity index (χ1) is 10.3. The Morgan fingerprint density at radius 3 is 2.76 bits per heavy atom. The predicted molar refractivity (Wildman–Crippen MR) is 79.4 cm³/mol. The molecule has 0 fully saturated rings. The summed E-state index contributed by atoms with van der Waals surface area (Å²) in [5, 5.41) is 8.45. The Hall–Kier alpha value is -2.27. The molecule has 2 aromatic carbocycles. The number of halogens is 1. The molecule has 0 saturated heterocycles. The van der Waals surface area contributed by atoms with Gasteiger partial charge in [0, 0.05) is 17.4 Å². The van der Waals surface area contributed by atoms with E-state index < -0.39 is 0 Å². The Bertz CT molecular complexity index is 754. The van der Waals surface area contributed by atoms with Gasteiger partial charge in [-0.25, -0.2) is 4.39 Å². The lowest BCUT2D eigenvalue weighted by atomic mass is 10.0. The summed E-state index contributed by atoms with van der Waals surface area (Å²) in [4.78, 5) is 4.40. The van der Waals surface area contributed by atoms with Gasteiger partial charge >= 0.3 is 0 Å². The molecular weight excluding hydrogens is 269 g/mol. The van der Waals surface area contributed by atoms with Gasteiger partial charge in [-0.05, 0) is 37.5 Å². The summed E-state index contributed by atoms with van der Waals surface area (Å²) in [6, 6.07) is 10.4. The Kier molecular flexibility index (Phi) is 3.92. The number of aryl methyl sites for hydroxylation is 1. The second-order valence-corrected chi connectivity index (χ2v) is 4.86. The normalized spacial score (nSPS) is 11.1. The Morgan fingerprint density at radius 2 is 1.95 bits per heavy atom. The summed E-state index contributed by atoms with van der Waals surface area (Å²) in [5.74, 6) is 0.867. The Balaban J connectivity index is 1.96. The zero-order valence-electron chi connectivity index (χ0n) is 11.8. The average Bonchev–Trinajstić information content (AvgIpc) is 2.97. The van der Waals surface area contributed by atoms with E-state index in [9.17, 15) is 4.39 Å². The fourth-order valence-corrected chi connectivity index (χ4v) is 2.34. The number of nitrogens with zero attached hydrogens (tertiary/aromatic N) is 2. The summed E-state index contributed by atoms with van der Waals surface area (Å²) in [6.45, 7) is 0.900. The molecule has 108 valence electrons. The van der Waals surface area contributed by atoms with E-state index in [1.165, 1.54) is 6.07 Å². The van der Waals surface area contributed by atoms with Crippen molar-refractivity contribution >= 4 is 10.8 Å². The largest absolute Gasteiger partial charge is 0.339 e. The highest BCUT2D eigenvalue weighted by Gasteiger charge is 2.13. The minimum absolute atomic E-state index is 0.243. The summed E-state index contributed by atoms with van der Waals surface area (Å²) in [7, 11) is 1.91. The third-order valence-corrected chi connectivity index (χ3v) is 3.40. The van der Waals surface area contributed by atoms with Crippen LogP contribution in [-0.4, -0.2) is 23.7 Å². The third kappa shape index (κ3) is 2.78. The van der Waals surface area contributed by atoms with E-state index in [2.05, 4.69) is 15.5 Å². The summed E-state index contributed by atoms with van der Waals surface area (Å²) >= 11 is 0. The number of nitrogens with one attached hydrogen (secondary N) is 1. The van der Waals surface area contributed by atoms with Gasteiger partial charge in [-0.15, -0.1) is 0 Å². The van der Waals surface area contributed by atoms with Crippen LogP contribution in [0.2, 0.25) is 0 Å². The molecule has 0 saturated carbocycles. The van der Waals surface area contributed by atoms with Crippen LogP contribution in [0.5, 0.6) is 0 Å². The van der Waals surface area contributed by atoms with E-state index >= 15 is 0 Å². The Labute approximate surface area is 122 Å². The second-order valence-electron chi connectivity index (χ2n) is 4.86. The van der Waals surface area contributed by atoms with Gasteiger partial charge in [-0.2, -0.15) is 4.98 Å². The molecule has 0 atom stereocenters. The fraction of sp³-hybridized carbons (Fsp3) is 0.250. The molecule has 0 unspecified atom stereocenters. The van der Waals surface area contributed by atoms with Crippen LogP contribution >= 0.6 is 0 Å². The van der Waals surface area contributed by atoms with Crippen molar-refractivity contribution in [1.82, 2.24) is 15.5 Å². The smallest absolute Gasteiger partial charge is 0.227 e. The van der Waals surface area contributed by atoms with Crippen molar-refractivity contribution in [2.24, 2.45) is 0 Å². The maximum atomic E-state index is 13.8. The van der Waals surface area contributed by atoms with Crippen LogP contribution in [0.1, 0.15) is 12.3 Å². The third-order valence-electron chi connectivity index (χ3n) is 3.40. The van der Waals surface area contributed by atoms with Crippen molar-refractivity contribution in [1.29, 1.82) is 0 Å². The van der Waals surface area contributed by atoms with Crippen LogP contribution < -0.4 is 5.32 Å². The molecule has 0 aliphatic rings. The average molecular weight is 285 g/mol. The van der Waals surface area contributed by atoms with Crippen molar-refractivity contribution in [2.75, 3.05) is 13.6 Å². The molecule has 0 bridgehead atoms. The van der Waals surface area contributed by atoms with Crippen LogP contribution in [0, 0.1) is 5.82 Å². The van der Waals surface area contributed by atoms with Crippen LogP contribution in [0.3, 0.4) is 0 Å². The number of benzene rings is 2. The van der Waals surface area contributed by atoms with Crippen molar-refractivity contribution < 1.29 is 8.91 Å². The van der Waals surface area contributed by atoms with Crippen molar-refractivity contribution in [3.8, 4) is 11.4 Å². The fourth-order valence-electron chi connectivity index (χ4n) is 2.34. The molecule has 0 amide bonds. The molecule has 0 radical (unpaired) electrons. The van der Waals surface area contributed by atoms with Crippen molar-refractivity contribution in [3.63, 3.8) is 0 Å². The highest BCUT2D eigenvalue weighted by Crippen LogP contribution is 2.28.